The normalized spacial score (nSPS) is 9.74. The van der Waals surface area contributed by atoms with Crippen molar-refractivity contribution in [2.75, 3.05) is 10.6 Å². The third kappa shape index (κ3) is 4.64. The first-order valence-corrected chi connectivity index (χ1v) is 7.46. The van der Waals surface area contributed by atoms with Gasteiger partial charge < -0.3 is 15.7 Å². The lowest BCUT2D eigenvalue weighted by Gasteiger charge is -2.08. The topological polar surface area (TPSA) is 102 Å². The summed E-state index contributed by atoms with van der Waals surface area (Å²) in [5.74, 6) is -2.04. The van der Waals surface area contributed by atoms with Gasteiger partial charge in [-0.2, -0.15) is 5.26 Å². The average molecular weight is 348 g/mol. The highest BCUT2D eigenvalue weighted by Crippen LogP contribution is 2.26. The number of carbonyl (C=O) groups excluding carboxylic acids is 2. The molecule has 0 heterocycles. The van der Waals surface area contributed by atoms with E-state index in [0.29, 0.717) is 10.7 Å². The Labute approximate surface area is 141 Å². The van der Waals surface area contributed by atoms with E-state index >= 15 is 0 Å². The number of nitrogens with zero attached hydrogens (tertiary/aromatic N) is 1. The average Bonchev–Trinajstić information content (AvgIpc) is 2.53. The van der Waals surface area contributed by atoms with Crippen LogP contribution in [0.5, 0.6) is 5.75 Å². The molecule has 23 heavy (non-hydrogen) atoms. The first-order chi connectivity index (χ1) is 11.0. The zero-order valence-electron chi connectivity index (χ0n) is 11.5. The van der Waals surface area contributed by atoms with Gasteiger partial charge in [0.05, 0.1) is 5.69 Å². The molecule has 0 aromatic heterocycles. The van der Waals surface area contributed by atoms with Crippen molar-refractivity contribution in [2.45, 2.75) is 4.90 Å². The van der Waals surface area contributed by atoms with Crippen molar-refractivity contribution in [3.63, 3.8) is 0 Å². The third-order valence-corrected chi connectivity index (χ3v) is 3.52. The lowest BCUT2D eigenvalue weighted by atomic mass is 10.3. The van der Waals surface area contributed by atoms with E-state index in [0.717, 1.165) is 16.7 Å². The largest absolute Gasteiger partial charge is 0.506 e. The number of thioether (sulfide) groups is 1. The number of thiocyanates is 1. The number of benzene rings is 2. The van der Waals surface area contributed by atoms with Crippen LogP contribution in [0.15, 0.2) is 47.4 Å². The number of halogens is 1. The smallest absolute Gasteiger partial charge is 0.314 e. The van der Waals surface area contributed by atoms with Gasteiger partial charge in [0.15, 0.2) is 0 Å². The van der Waals surface area contributed by atoms with Crippen molar-refractivity contribution < 1.29 is 14.7 Å². The van der Waals surface area contributed by atoms with Gasteiger partial charge in [-0.1, -0.05) is 11.6 Å². The van der Waals surface area contributed by atoms with Crippen LogP contribution in [-0.2, 0) is 9.59 Å². The van der Waals surface area contributed by atoms with Gasteiger partial charge in [-0.05, 0) is 54.2 Å². The molecule has 0 atom stereocenters. The molecule has 0 unspecified atom stereocenters. The summed E-state index contributed by atoms with van der Waals surface area (Å²) in [7, 11) is 0. The number of nitriles is 1. The van der Waals surface area contributed by atoms with Gasteiger partial charge in [0, 0.05) is 15.6 Å². The first kappa shape index (κ1) is 16.7. The molecule has 0 saturated heterocycles. The van der Waals surface area contributed by atoms with Crippen molar-refractivity contribution in [1.82, 2.24) is 0 Å². The Morgan fingerprint density at radius 1 is 1.09 bits per heavy atom. The molecule has 2 aromatic carbocycles. The van der Waals surface area contributed by atoms with Crippen LogP contribution in [-0.4, -0.2) is 16.9 Å². The number of anilines is 2. The maximum absolute atomic E-state index is 11.8. The van der Waals surface area contributed by atoms with Crippen LogP contribution < -0.4 is 10.6 Å². The Balaban J connectivity index is 2.01. The minimum absolute atomic E-state index is 0.0402. The molecular formula is C15H10ClN3O3S. The fourth-order valence-electron chi connectivity index (χ4n) is 1.63. The molecular weight excluding hydrogens is 338 g/mol. The number of phenols is 1. The predicted molar refractivity (Wildman–Crippen MR) is 88.3 cm³/mol. The summed E-state index contributed by atoms with van der Waals surface area (Å²) < 4.78 is 0. The molecule has 0 radical (unpaired) electrons. The van der Waals surface area contributed by atoms with E-state index < -0.39 is 11.8 Å². The highest BCUT2D eigenvalue weighted by Gasteiger charge is 2.16. The van der Waals surface area contributed by atoms with E-state index in [1.54, 1.807) is 24.3 Å². The molecule has 2 aromatic rings. The van der Waals surface area contributed by atoms with Crippen LogP contribution >= 0.6 is 23.4 Å². The Hall–Kier alpha value is -2.69. The quantitative estimate of drug-likeness (QED) is 0.342. The highest BCUT2D eigenvalue weighted by molar-refractivity contribution is 8.03. The van der Waals surface area contributed by atoms with Gasteiger partial charge in [-0.15, -0.1) is 0 Å². The Morgan fingerprint density at radius 2 is 1.74 bits per heavy atom. The Morgan fingerprint density at radius 3 is 2.39 bits per heavy atom. The molecule has 6 nitrogen and oxygen atoms in total. The van der Waals surface area contributed by atoms with Crippen LogP contribution in [0.1, 0.15) is 0 Å². The van der Waals surface area contributed by atoms with Crippen LogP contribution in [0.3, 0.4) is 0 Å². The lowest BCUT2D eigenvalue weighted by Crippen LogP contribution is -2.29. The summed E-state index contributed by atoms with van der Waals surface area (Å²) in [6.45, 7) is 0. The van der Waals surface area contributed by atoms with E-state index in [2.05, 4.69) is 10.6 Å². The summed E-state index contributed by atoms with van der Waals surface area (Å²) in [4.78, 5) is 24.4. The number of aromatic hydroxyl groups is 1. The van der Waals surface area contributed by atoms with Crippen LogP contribution in [0, 0.1) is 10.7 Å². The molecule has 0 aliphatic heterocycles. The second kappa shape index (κ2) is 7.54. The summed E-state index contributed by atoms with van der Waals surface area (Å²) in [6, 6.07) is 10.5. The van der Waals surface area contributed by atoms with Crippen molar-refractivity contribution in [1.29, 1.82) is 5.26 Å². The molecule has 116 valence electrons. The SMILES string of the molecule is N#CSc1ccc(NC(=O)C(=O)Nc2cc(Cl)ccc2O)cc1. The van der Waals surface area contributed by atoms with Gasteiger partial charge >= 0.3 is 11.8 Å². The zero-order chi connectivity index (χ0) is 16.8. The van der Waals surface area contributed by atoms with Gasteiger partial charge in [-0.25, -0.2) is 0 Å². The molecule has 8 heteroatoms. The molecule has 0 spiro atoms. The van der Waals surface area contributed by atoms with Crippen molar-refractivity contribution in [3.8, 4) is 11.2 Å². The predicted octanol–water partition coefficient (Wildman–Crippen LogP) is 3.20. The van der Waals surface area contributed by atoms with Crippen LogP contribution in [0.2, 0.25) is 5.02 Å². The summed E-state index contributed by atoms with van der Waals surface area (Å²) >= 11 is 6.75. The molecule has 2 amide bonds. The van der Waals surface area contributed by atoms with Crippen LogP contribution in [0.4, 0.5) is 11.4 Å². The zero-order valence-corrected chi connectivity index (χ0v) is 13.1. The molecule has 0 aliphatic rings. The fourth-order valence-corrected chi connectivity index (χ4v) is 2.18. The number of carbonyl (C=O) groups is 2. The molecule has 0 saturated carbocycles. The second-order valence-electron chi connectivity index (χ2n) is 4.29. The number of phenolic OH excluding ortho intramolecular Hbond substituents is 1. The number of amides is 2. The molecule has 2 rings (SSSR count). The van der Waals surface area contributed by atoms with Gasteiger partial charge in [0.2, 0.25) is 0 Å². The maximum atomic E-state index is 11.8. The number of hydrogen-bond acceptors (Lipinski definition) is 5. The highest BCUT2D eigenvalue weighted by atomic mass is 35.5. The standard InChI is InChI=1S/C15H10ClN3O3S/c16-9-1-6-13(20)12(7-9)19-15(22)14(21)18-10-2-4-11(5-3-10)23-8-17/h1-7,20H,(H,18,21)(H,19,22). The Kier molecular flexibility index (Phi) is 5.46. The Bertz CT molecular complexity index is 788. The molecule has 0 fully saturated rings. The minimum atomic E-state index is -0.946. The van der Waals surface area contributed by atoms with Gasteiger partial charge in [0.25, 0.3) is 0 Å². The van der Waals surface area contributed by atoms with E-state index in [9.17, 15) is 14.7 Å². The fraction of sp³-hybridized carbons (Fsp3) is 0. The van der Waals surface area contributed by atoms with E-state index in [4.69, 9.17) is 16.9 Å². The van der Waals surface area contributed by atoms with Crippen molar-refractivity contribution >= 4 is 46.6 Å². The van der Waals surface area contributed by atoms with E-state index in [1.165, 1.54) is 18.2 Å². The minimum Gasteiger partial charge on any atom is -0.506 e. The molecule has 0 aliphatic carbocycles. The summed E-state index contributed by atoms with van der Waals surface area (Å²) in [5.41, 5.74) is 0.446. The summed E-state index contributed by atoms with van der Waals surface area (Å²) in [5, 5.41) is 25.1. The lowest BCUT2D eigenvalue weighted by molar-refractivity contribution is -0.133. The van der Waals surface area contributed by atoms with Crippen molar-refractivity contribution in [3.05, 3.63) is 47.5 Å². The van der Waals surface area contributed by atoms with Crippen LogP contribution in [0.25, 0.3) is 0 Å². The number of nitrogens with one attached hydrogen (secondary N) is 2. The van der Waals surface area contributed by atoms with E-state index in [1.807, 2.05) is 5.40 Å². The summed E-state index contributed by atoms with van der Waals surface area (Å²) in [6.07, 6.45) is 0. The third-order valence-electron chi connectivity index (χ3n) is 2.69. The maximum Gasteiger partial charge on any atom is 0.314 e. The van der Waals surface area contributed by atoms with Crippen molar-refractivity contribution in [2.24, 2.45) is 0 Å². The molecule has 3 N–H and O–H groups in total. The number of rotatable bonds is 3. The number of hydrogen-bond donors (Lipinski definition) is 3. The molecule has 0 bridgehead atoms. The first-order valence-electron chi connectivity index (χ1n) is 6.26. The van der Waals surface area contributed by atoms with Gasteiger partial charge in [-0.3, -0.25) is 9.59 Å². The van der Waals surface area contributed by atoms with E-state index in [-0.39, 0.29) is 11.4 Å². The monoisotopic (exact) mass is 347 g/mol. The second-order valence-corrected chi connectivity index (χ2v) is 5.58. The van der Waals surface area contributed by atoms with Gasteiger partial charge in [0.1, 0.15) is 11.2 Å².